The molecule has 40 heavy (non-hydrogen) atoms. The summed E-state index contributed by atoms with van der Waals surface area (Å²) >= 11 is 0. The minimum atomic E-state index is -0.799. The van der Waals surface area contributed by atoms with Crippen LogP contribution in [-0.4, -0.2) is 41.2 Å². The van der Waals surface area contributed by atoms with E-state index in [2.05, 4.69) is 10.2 Å². The number of aryl methyl sites for hydroxylation is 1. The van der Waals surface area contributed by atoms with Gasteiger partial charge in [0, 0.05) is 36.7 Å². The Morgan fingerprint density at radius 2 is 1.73 bits per heavy atom. The maximum atomic E-state index is 13.8. The van der Waals surface area contributed by atoms with E-state index >= 15 is 0 Å². The number of hydrazone groups is 1. The van der Waals surface area contributed by atoms with Crippen LogP contribution in [-0.2, 0) is 6.54 Å². The van der Waals surface area contributed by atoms with E-state index in [1.165, 1.54) is 41.2 Å². The van der Waals surface area contributed by atoms with Gasteiger partial charge < -0.3 is 0 Å². The molecule has 204 valence electrons. The molecule has 14 nitrogen and oxygen atoms in total. The molecule has 2 atom stereocenters. The zero-order valence-electron chi connectivity index (χ0n) is 21.2. The highest BCUT2D eigenvalue weighted by atomic mass is 16.6. The zero-order valence-corrected chi connectivity index (χ0v) is 21.2. The van der Waals surface area contributed by atoms with E-state index in [0.717, 1.165) is 10.6 Å². The summed E-state index contributed by atoms with van der Waals surface area (Å²) in [5.74, 6) is -1.16. The first-order valence-electron chi connectivity index (χ1n) is 12.5. The van der Waals surface area contributed by atoms with Gasteiger partial charge in [-0.25, -0.2) is 5.01 Å². The minimum absolute atomic E-state index is 0.0693. The van der Waals surface area contributed by atoms with Crippen molar-refractivity contribution in [2.45, 2.75) is 38.8 Å². The molecule has 1 aromatic heterocycles. The molecule has 0 bridgehead atoms. The van der Waals surface area contributed by atoms with Crippen LogP contribution in [0.1, 0.15) is 53.8 Å². The number of hydrogen-bond donors (Lipinski definition) is 0. The van der Waals surface area contributed by atoms with E-state index in [1.54, 1.807) is 31.2 Å². The molecule has 2 aromatic carbocycles. The van der Waals surface area contributed by atoms with Gasteiger partial charge in [0.15, 0.2) is 0 Å². The molecule has 2 heterocycles. The Balaban J connectivity index is 1.63. The van der Waals surface area contributed by atoms with E-state index in [9.17, 15) is 35.1 Å². The first kappa shape index (κ1) is 26.3. The van der Waals surface area contributed by atoms with E-state index in [1.807, 2.05) is 0 Å². The van der Waals surface area contributed by atoms with E-state index in [-0.39, 0.29) is 23.0 Å². The first-order valence-corrected chi connectivity index (χ1v) is 12.5. The van der Waals surface area contributed by atoms with Crippen molar-refractivity contribution in [1.82, 2.24) is 14.8 Å². The Labute approximate surface area is 226 Å². The normalized spacial score (nSPS) is 19.3. The number of carbonyl (C=O) groups is 1. The summed E-state index contributed by atoms with van der Waals surface area (Å²) in [5.41, 5.74) is 1.28. The number of amides is 1. The van der Waals surface area contributed by atoms with Gasteiger partial charge in [0.25, 0.3) is 11.4 Å². The molecule has 0 N–H and O–H groups in total. The second-order valence-corrected chi connectivity index (χ2v) is 9.43. The van der Waals surface area contributed by atoms with Crippen molar-refractivity contribution in [3.63, 3.8) is 0 Å². The fourth-order valence-corrected chi connectivity index (χ4v) is 5.22. The van der Waals surface area contributed by atoms with Gasteiger partial charge >= 0.3 is 11.6 Å². The fourth-order valence-electron chi connectivity index (χ4n) is 5.22. The van der Waals surface area contributed by atoms with Crippen LogP contribution < -0.4 is 0 Å². The van der Waals surface area contributed by atoms with Crippen molar-refractivity contribution in [3.8, 4) is 0 Å². The summed E-state index contributed by atoms with van der Waals surface area (Å²) in [7, 11) is 0. The number of non-ortho nitro benzene ring substituents is 2. The monoisotopic (exact) mass is 545 g/mol. The number of fused-ring (bicyclic) bond motifs is 1. The molecular formula is C26H23N7O7. The second kappa shape index (κ2) is 10.5. The lowest BCUT2D eigenvalue weighted by Crippen LogP contribution is -2.32. The number of rotatable bonds is 7. The molecule has 1 fully saturated rings. The van der Waals surface area contributed by atoms with Gasteiger partial charge in [0.05, 0.1) is 26.5 Å². The van der Waals surface area contributed by atoms with Gasteiger partial charge in [-0.2, -0.15) is 10.2 Å². The van der Waals surface area contributed by atoms with Crippen LogP contribution in [0.5, 0.6) is 0 Å². The number of nitrogens with zero attached hydrogens (tertiary/aromatic N) is 7. The molecule has 0 radical (unpaired) electrons. The van der Waals surface area contributed by atoms with E-state index < -0.39 is 32.4 Å². The van der Waals surface area contributed by atoms with Gasteiger partial charge in [-0.15, -0.1) is 0 Å². The zero-order chi connectivity index (χ0) is 28.6. The molecule has 1 aliphatic carbocycles. The maximum Gasteiger partial charge on any atom is 0.320 e. The Kier molecular flexibility index (Phi) is 6.90. The highest BCUT2D eigenvalue weighted by Gasteiger charge is 2.46. The Morgan fingerprint density at radius 3 is 2.40 bits per heavy atom. The highest BCUT2D eigenvalue weighted by molar-refractivity contribution is 6.09. The Bertz CT molecular complexity index is 1610. The third-order valence-corrected chi connectivity index (χ3v) is 7.02. The van der Waals surface area contributed by atoms with Crippen LogP contribution in [0.2, 0.25) is 0 Å². The summed E-state index contributed by atoms with van der Waals surface area (Å²) in [6.07, 6.45) is 4.87. The molecule has 1 aliphatic heterocycles. The van der Waals surface area contributed by atoms with Crippen LogP contribution in [0.3, 0.4) is 0 Å². The lowest BCUT2D eigenvalue weighted by atomic mass is 9.77. The highest BCUT2D eigenvalue weighted by Crippen LogP contribution is 2.45. The topological polar surface area (TPSA) is 180 Å². The Hall–Kier alpha value is -5.27. The second-order valence-electron chi connectivity index (χ2n) is 9.43. The average Bonchev–Trinajstić information content (AvgIpc) is 3.56. The Morgan fingerprint density at radius 1 is 1.02 bits per heavy atom. The number of allylic oxidation sites excluding steroid dienone is 1. The van der Waals surface area contributed by atoms with Crippen molar-refractivity contribution in [2.75, 3.05) is 0 Å². The van der Waals surface area contributed by atoms with Crippen molar-refractivity contribution < 1.29 is 19.6 Å². The van der Waals surface area contributed by atoms with Crippen LogP contribution >= 0.6 is 0 Å². The molecular weight excluding hydrogens is 522 g/mol. The van der Waals surface area contributed by atoms with E-state index in [0.29, 0.717) is 42.6 Å². The van der Waals surface area contributed by atoms with Crippen molar-refractivity contribution in [3.05, 3.63) is 107 Å². The third-order valence-electron chi connectivity index (χ3n) is 7.02. The van der Waals surface area contributed by atoms with Gasteiger partial charge in [0.1, 0.15) is 6.20 Å². The molecule has 0 spiro atoms. The number of nitro benzene ring substituents is 2. The summed E-state index contributed by atoms with van der Waals surface area (Å²) in [4.78, 5) is 46.7. The van der Waals surface area contributed by atoms with Crippen LogP contribution in [0.25, 0.3) is 6.08 Å². The maximum absolute atomic E-state index is 13.8. The SMILES string of the molecule is CCn1cc([N+](=O)[O-])c(C(=O)N2N=C3/C(=C/c4cccc([N+](=O)[O-])c4)CCC[C@H]3[C@@H]2c2cccc([N+](=O)[O-])c2)n1. The van der Waals surface area contributed by atoms with Crippen LogP contribution in [0.15, 0.2) is 65.4 Å². The lowest BCUT2D eigenvalue weighted by Gasteiger charge is -2.29. The molecule has 2 aliphatic rings. The molecule has 1 saturated carbocycles. The molecule has 14 heteroatoms. The quantitative estimate of drug-likeness (QED) is 0.291. The summed E-state index contributed by atoms with van der Waals surface area (Å²) in [6.45, 7) is 2.03. The number of carbonyl (C=O) groups excluding carboxylic acids is 1. The molecule has 1 amide bonds. The fraction of sp³-hybridized carbons (Fsp3) is 0.269. The summed E-state index contributed by atoms with van der Waals surface area (Å²) in [6, 6.07) is 11.2. The number of aromatic nitrogens is 2. The van der Waals surface area contributed by atoms with Crippen molar-refractivity contribution in [1.29, 1.82) is 0 Å². The summed E-state index contributed by atoms with van der Waals surface area (Å²) in [5, 5.41) is 44.4. The third kappa shape index (κ3) is 4.81. The number of benzene rings is 2. The molecule has 0 unspecified atom stereocenters. The van der Waals surface area contributed by atoms with Crippen LogP contribution in [0.4, 0.5) is 17.1 Å². The average molecular weight is 546 g/mol. The van der Waals surface area contributed by atoms with E-state index in [4.69, 9.17) is 0 Å². The molecule has 5 rings (SSSR count). The van der Waals surface area contributed by atoms with Gasteiger partial charge in [0.2, 0.25) is 5.69 Å². The molecule has 3 aromatic rings. The summed E-state index contributed by atoms with van der Waals surface area (Å²) < 4.78 is 1.29. The van der Waals surface area contributed by atoms with Gasteiger partial charge in [-0.05, 0) is 49.0 Å². The predicted molar refractivity (Wildman–Crippen MR) is 142 cm³/mol. The van der Waals surface area contributed by atoms with Gasteiger partial charge in [-0.1, -0.05) is 24.3 Å². The molecule has 0 saturated heterocycles. The smallest absolute Gasteiger partial charge is 0.265 e. The number of nitro groups is 3. The van der Waals surface area contributed by atoms with Crippen molar-refractivity contribution in [2.24, 2.45) is 11.0 Å². The largest absolute Gasteiger partial charge is 0.320 e. The van der Waals surface area contributed by atoms with Gasteiger partial charge in [-0.3, -0.25) is 39.8 Å². The van der Waals surface area contributed by atoms with Crippen LogP contribution in [0, 0.1) is 36.3 Å². The lowest BCUT2D eigenvalue weighted by molar-refractivity contribution is -0.385. The van der Waals surface area contributed by atoms with Crippen molar-refractivity contribution >= 4 is 34.8 Å². The minimum Gasteiger partial charge on any atom is -0.265 e. The first-order chi connectivity index (χ1) is 19.2. The number of hydrogen-bond acceptors (Lipinski definition) is 9. The standard InChI is InChI=1S/C26H23N7O7/c1-2-29-15-22(33(39)40)24(27-29)26(34)30-25(18-8-4-10-20(14-18)32(37)38)21-11-5-7-17(23(21)28-30)12-16-6-3-9-19(13-16)31(35)36/h3-4,6,8-10,12-15,21,25H,2,5,7,11H2,1H3/b17-12+/t21-,25+/m1/s1. The predicted octanol–water partition coefficient (Wildman–Crippen LogP) is 5.06.